The summed E-state index contributed by atoms with van der Waals surface area (Å²) in [6, 6.07) is 15.3. The zero-order chi connectivity index (χ0) is 20.8. The number of aromatic nitrogens is 1. The van der Waals surface area contributed by atoms with Gasteiger partial charge in [-0.25, -0.2) is 4.98 Å². The lowest BCUT2D eigenvalue weighted by Gasteiger charge is -2.07. The summed E-state index contributed by atoms with van der Waals surface area (Å²) in [6.45, 7) is 8.50. The van der Waals surface area contributed by atoms with E-state index in [0.717, 1.165) is 59.9 Å². The molecule has 0 spiro atoms. The highest BCUT2D eigenvalue weighted by Crippen LogP contribution is 2.31. The van der Waals surface area contributed by atoms with Gasteiger partial charge in [0.15, 0.2) is 0 Å². The van der Waals surface area contributed by atoms with E-state index < -0.39 is 0 Å². The van der Waals surface area contributed by atoms with Gasteiger partial charge in [-0.05, 0) is 111 Å². The van der Waals surface area contributed by atoms with Gasteiger partial charge in [0.25, 0.3) is 0 Å². The van der Waals surface area contributed by atoms with Gasteiger partial charge < -0.3 is 0 Å². The molecule has 0 radical (unpaired) electrons. The highest BCUT2D eigenvalue weighted by atomic mass is 14.9. The van der Waals surface area contributed by atoms with E-state index in [1.165, 1.54) is 33.4 Å². The van der Waals surface area contributed by atoms with Gasteiger partial charge in [-0.15, -0.1) is 0 Å². The maximum Gasteiger partial charge on any atom is 0.0885 e. The molecule has 0 aliphatic heterocycles. The van der Waals surface area contributed by atoms with Crippen molar-refractivity contribution in [2.24, 2.45) is 9.98 Å². The van der Waals surface area contributed by atoms with Crippen LogP contribution in [0.1, 0.15) is 57.6 Å². The predicted molar refractivity (Wildman–Crippen MR) is 125 cm³/mol. The molecular formula is C27H27N3. The standard InChI is InChI=1S/C27H27N3/c1-16-9-17(2)12-22(11-16)28-24-7-5-20-15-21-6-8-25(27(21)30-26(20)24)29-23-13-18(3)10-19(4)14-23/h9-15H,5-8H2,1-4H3. The Morgan fingerprint density at radius 2 is 0.933 bits per heavy atom. The molecule has 0 unspecified atom stereocenters. The van der Waals surface area contributed by atoms with Gasteiger partial charge in [-0.1, -0.05) is 18.2 Å². The minimum Gasteiger partial charge on any atom is -0.251 e. The molecule has 1 heterocycles. The largest absolute Gasteiger partial charge is 0.251 e. The van der Waals surface area contributed by atoms with Crippen LogP contribution in [-0.2, 0) is 12.8 Å². The molecular weight excluding hydrogens is 366 g/mol. The molecule has 30 heavy (non-hydrogen) atoms. The van der Waals surface area contributed by atoms with Crippen molar-refractivity contribution in [1.82, 2.24) is 4.98 Å². The fourth-order valence-corrected chi connectivity index (χ4v) is 4.79. The second-order valence-corrected chi connectivity index (χ2v) is 8.81. The third-order valence-electron chi connectivity index (χ3n) is 5.93. The van der Waals surface area contributed by atoms with Crippen LogP contribution in [0.25, 0.3) is 0 Å². The first-order chi connectivity index (χ1) is 14.4. The first-order valence-electron chi connectivity index (χ1n) is 10.8. The van der Waals surface area contributed by atoms with Crippen molar-refractivity contribution in [3.05, 3.63) is 87.2 Å². The number of aliphatic imine (C=N–C) groups is 2. The van der Waals surface area contributed by atoms with E-state index in [0.29, 0.717) is 0 Å². The third kappa shape index (κ3) is 3.60. The fraction of sp³-hybridized carbons (Fsp3) is 0.296. The first-order valence-corrected chi connectivity index (χ1v) is 10.8. The molecule has 2 aliphatic rings. The lowest BCUT2D eigenvalue weighted by molar-refractivity contribution is 1.05. The minimum atomic E-state index is 0.960. The summed E-state index contributed by atoms with van der Waals surface area (Å²) in [7, 11) is 0. The molecule has 0 fully saturated rings. The number of pyridine rings is 1. The summed E-state index contributed by atoms with van der Waals surface area (Å²) in [5.41, 5.74) is 14.1. The Bertz CT molecular complexity index is 1100. The summed E-state index contributed by atoms with van der Waals surface area (Å²) in [4.78, 5) is 15.1. The predicted octanol–water partition coefficient (Wildman–Crippen LogP) is 6.45. The topological polar surface area (TPSA) is 37.6 Å². The number of fused-ring (bicyclic) bond motifs is 2. The number of rotatable bonds is 2. The van der Waals surface area contributed by atoms with Crippen molar-refractivity contribution >= 4 is 22.8 Å². The maximum atomic E-state index is 5.12. The Kier molecular flexibility index (Phi) is 4.62. The van der Waals surface area contributed by atoms with E-state index in [2.05, 4.69) is 70.2 Å². The van der Waals surface area contributed by atoms with Crippen LogP contribution >= 0.6 is 0 Å². The average Bonchev–Trinajstić information content (AvgIpc) is 3.23. The molecule has 0 bridgehead atoms. The SMILES string of the molecule is Cc1cc(C)cc(N=C2CCc3cc4c(nc32)C(=Nc2cc(C)cc(C)c2)CC4)c1. The molecule has 0 N–H and O–H groups in total. The van der Waals surface area contributed by atoms with Crippen molar-refractivity contribution in [3.8, 4) is 0 Å². The molecule has 5 rings (SSSR count). The number of benzene rings is 2. The Morgan fingerprint density at radius 3 is 1.33 bits per heavy atom. The van der Waals surface area contributed by atoms with E-state index in [9.17, 15) is 0 Å². The van der Waals surface area contributed by atoms with E-state index in [4.69, 9.17) is 15.0 Å². The van der Waals surface area contributed by atoms with E-state index in [1.54, 1.807) is 0 Å². The molecule has 2 aliphatic carbocycles. The maximum absolute atomic E-state index is 5.12. The smallest absolute Gasteiger partial charge is 0.0885 e. The molecule has 0 saturated carbocycles. The molecule has 0 amide bonds. The average molecular weight is 394 g/mol. The van der Waals surface area contributed by atoms with Crippen molar-refractivity contribution in [3.63, 3.8) is 0 Å². The number of aryl methyl sites for hydroxylation is 6. The molecule has 0 saturated heterocycles. The van der Waals surface area contributed by atoms with Crippen LogP contribution in [-0.4, -0.2) is 16.4 Å². The second-order valence-electron chi connectivity index (χ2n) is 8.81. The van der Waals surface area contributed by atoms with Crippen LogP contribution in [0.15, 0.2) is 52.4 Å². The van der Waals surface area contributed by atoms with Crippen LogP contribution in [0.5, 0.6) is 0 Å². The Hall–Kier alpha value is -3.07. The lowest BCUT2D eigenvalue weighted by Crippen LogP contribution is -2.05. The molecule has 1 aromatic heterocycles. The van der Waals surface area contributed by atoms with Gasteiger partial charge in [0.05, 0.1) is 34.2 Å². The minimum absolute atomic E-state index is 0.960. The summed E-state index contributed by atoms with van der Waals surface area (Å²) in [5, 5.41) is 0. The lowest BCUT2D eigenvalue weighted by atomic mass is 10.1. The van der Waals surface area contributed by atoms with Crippen molar-refractivity contribution in [1.29, 1.82) is 0 Å². The van der Waals surface area contributed by atoms with Crippen LogP contribution in [0, 0.1) is 27.7 Å². The number of hydrogen-bond acceptors (Lipinski definition) is 3. The van der Waals surface area contributed by atoms with E-state index in [-0.39, 0.29) is 0 Å². The van der Waals surface area contributed by atoms with Crippen molar-refractivity contribution in [2.75, 3.05) is 0 Å². The Morgan fingerprint density at radius 1 is 0.533 bits per heavy atom. The monoisotopic (exact) mass is 393 g/mol. The molecule has 2 aromatic carbocycles. The quantitative estimate of drug-likeness (QED) is 0.493. The van der Waals surface area contributed by atoms with Gasteiger partial charge in [0.2, 0.25) is 0 Å². The Labute approximate surface area is 178 Å². The molecule has 150 valence electrons. The summed E-state index contributed by atoms with van der Waals surface area (Å²) < 4.78 is 0. The van der Waals surface area contributed by atoms with Gasteiger partial charge in [0, 0.05) is 0 Å². The second kappa shape index (κ2) is 7.32. The number of hydrogen-bond donors (Lipinski definition) is 0. The van der Waals surface area contributed by atoms with Crippen LogP contribution in [0.3, 0.4) is 0 Å². The van der Waals surface area contributed by atoms with Crippen LogP contribution < -0.4 is 0 Å². The molecule has 0 atom stereocenters. The Balaban J connectivity index is 1.55. The molecule has 3 heteroatoms. The zero-order valence-corrected chi connectivity index (χ0v) is 18.2. The van der Waals surface area contributed by atoms with Crippen LogP contribution in [0.2, 0.25) is 0 Å². The zero-order valence-electron chi connectivity index (χ0n) is 18.2. The summed E-state index contributed by atoms with van der Waals surface area (Å²) >= 11 is 0. The van der Waals surface area contributed by atoms with E-state index >= 15 is 0 Å². The van der Waals surface area contributed by atoms with E-state index in [1.807, 2.05) is 0 Å². The van der Waals surface area contributed by atoms with Crippen molar-refractivity contribution in [2.45, 2.75) is 53.4 Å². The normalized spacial score (nSPS) is 17.6. The highest BCUT2D eigenvalue weighted by molar-refractivity contribution is 6.08. The highest BCUT2D eigenvalue weighted by Gasteiger charge is 2.27. The summed E-state index contributed by atoms with van der Waals surface area (Å²) in [6.07, 6.45) is 3.98. The van der Waals surface area contributed by atoms with Gasteiger partial charge in [0.1, 0.15) is 0 Å². The van der Waals surface area contributed by atoms with Crippen LogP contribution in [0.4, 0.5) is 11.4 Å². The van der Waals surface area contributed by atoms with Gasteiger partial charge in [-0.3, -0.25) is 9.98 Å². The van der Waals surface area contributed by atoms with Gasteiger partial charge >= 0.3 is 0 Å². The third-order valence-corrected chi connectivity index (χ3v) is 5.93. The van der Waals surface area contributed by atoms with Gasteiger partial charge in [-0.2, -0.15) is 0 Å². The number of nitrogens with zero attached hydrogens (tertiary/aromatic N) is 3. The molecule has 3 aromatic rings. The van der Waals surface area contributed by atoms with Crippen molar-refractivity contribution < 1.29 is 0 Å². The molecule has 3 nitrogen and oxygen atoms in total. The first kappa shape index (κ1) is 18.9. The fourth-order valence-electron chi connectivity index (χ4n) is 4.79. The summed E-state index contributed by atoms with van der Waals surface area (Å²) in [5.74, 6) is 0.